The van der Waals surface area contributed by atoms with Gasteiger partial charge < -0.3 is 19.6 Å². The van der Waals surface area contributed by atoms with E-state index in [1.165, 1.54) is 28.6 Å². The molecule has 0 aliphatic heterocycles. The van der Waals surface area contributed by atoms with Crippen molar-refractivity contribution in [1.29, 1.82) is 0 Å². The summed E-state index contributed by atoms with van der Waals surface area (Å²) in [6.45, 7) is 5.44. The van der Waals surface area contributed by atoms with Gasteiger partial charge in [-0.25, -0.2) is 4.39 Å². The van der Waals surface area contributed by atoms with Crippen LogP contribution in [0.1, 0.15) is 22.6 Å². The number of thiocarbonyl (C=S) groups is 1. The number of aromatic nitrogens is 1. The van der Waals surface area contributed by atoms with Crippen molar-refractivity contribution in [2.75, 3.05) is 11.9 Å². The molecule has 0 aliphatic carbocycles. The van der Waals surface area contributed by atoms with Gasteiger partial charge in [0, 0.05) is 28.8 Å². The van der Waals surface area contributed by atoms with E-state index < -0.39 is 0 Å². The molecule has 0 radical (unpaired) electrons. The molecule has 2 aromatic heterocycles. The molecule has 4 rings (SSSR count). The zero-order chi connectivity index (χ0) is 21.1. The highest BCUT2D eigenvalue weighted by Gasteiger charge is 2.15. The lowest BCUT2D eigenvalue weighted by atomic mass is 10.1. The number of furan rings is 1. The molecule has 154 valence electrons. The van der Waals surface area contributed by atoms with Crippen LogP contribution < -0.4 is 5.32 Å². The standard InChI is InChI=1S/C24H24FN3OS/c1-16-8-9-23-22(13-16)21(17(2)26-23)10-11-28(15-20-7-4-12-29-20)24(30)27-19-6-3-5-18(25)14-19/h3-9,12-14,26H,10-11,15H2,1-2H3,(H,27,30). The first-order valence-corrected chi connectivity index (χ1v) is 10.3. The summed E-state index contributed by atoms with van der Waals surface area (Å²) in [7, 11) is 0. The molecule has 0 aliphatic rings. The van der Waals surface area contributed by atoms with Crippen LogP contribution >= 0.6 is 12.2 Å². The van der Waals surface area contributed by atoms with Gasteiger partial charge in [0.1, 0.15) is 11.6 Å². The van der Waals surface area contributed by atoms with E-state index in [4.69, 9.17) is 16.6 Å². The first-order chi connectivity index (χ1) is 14.5. The van der Waals surface area contributed by atoms with Gasteiger partial charge in [-0.2, -0.15) is 0 Å². The lowest BCUT2D eigenvalue weighted by Gasteiger charge is -2.25. The quantitative estimate of drug-likeness (QED) is 0.377. The third kappa shape index (κ3) is 4.54. The number of benzene rings is 2. The van der Waals surface area contributed by atoms with Crippen LogP contribution in [-0.2, 0) is 13.0 Å². The van der Waals surface area contributed by atoms with Crippen molar-refractivity contribution >= 4 is 33.9 Å². The normalized spacial score (nSPS) is 11.0. The van der Waals surface area contributed by atoms with Crippen LogP contribution in [0.4, 0.5) is 10.1 Å². The van der Waals surface area contributed by atoms with Gasteiger partial charge in [0.05, 0.1) is 12.8 Å². The van der Waals surface area contributed by atoms with Crippen molar-refractivity contribution in [3.05, 3.63) is 89.3 Å². The zero-order valence-electron chi connectivity index (χ0n) is 17.0. The first-order valence-electron chi connectivity index (χ1n) is 9.91. The first kappa shape index (κ1) is 20.2. The maximum atomic E-state index is 13.6. The molecular weight excluding hydrogens is 397 g/mol. The SMILES string of the molecule is Cc1ccc2[nH]c(C)c(CCN(Cc3ccco3)C(=S)Nc3cccc(F)c3)c2c1. The molecule has 4 aromatic rings. The number of aryl methyl sites for hydroxylation is 2. The van der Waals surface area contributed by atoms with E-state index >= 15 is 0 Å². The fraction of sp³-hybridized carbons (Fsp3) is 0.208. The molecule has 0 unspecified atom stereocenters. The number of hydrogen-bond acceptors (Lipinski definition) is 2. The number of aromatic amines is 1. The van der Waals surface area contributed by atoms with Crippen LogP contribution in [0, 0.1) is 19.7 Å². The Morgan fingerprint density at radius 2 is 2.00 bits per heavy atom. The van der Waals surface area contributed by atoms with Crippen molar-refractivity contribution in [2.24, 2.45) is 0 Å². The molecule has 0 saturated carbocycles. The van der Waals surface area contributed by atoms with E-state index in [0.717, 1.165) is 23.4 Å². The largest absolute Gasteiger partial charge is 0.467 e. The van der Waals surface area contributed by atoms with Crippen LogP contribution in [0.15, 0.2) is 65.3 Å². The van der Waals surface area contributed by atoms with E-state index in [9.17, 15) is 4.39 Å². The maximum absolute atomic E-state index is 13.6. The molecule has 6 heteroatoms. The number of nitrogens with one attached hydrogen (secondary N) is 2. The number of anilines is 1. The van der Waals surface area contributed by atoms with Crippen molar-refractivity contribution < 1.29 is 8.81 Å². The fourth-order valence-corrected chi connectivity index (χ4v) is 3.95. The Morgan fingerprint density at radius 3 is 2.77 bits per heavy atom. The number of nitrogens with zero attached hydrogens (tertiary/aromatic N) is 1. The second kappa shape index (κ2) is 8.71. The second-order valence-electron chi connectivity index (χ2n) is 7.47. The molecule has 2 heterocycles. The number of fused-ring (bicyclic) bond motifs is 1. The topological polar surface area (TPSA) is 44.2 Å². The minimum atomic E-state index is -0.301. The van der Waals surface area contributed by atoms with Gasteiger partial charge in [-0.3, -0.25) is 0 Å². The summed E-state index contributed by atoms with van der Waals surface area (Å²) in [6.07, 6.45) is 2.48. The third-order valence-electron chi connectivity index (χ3n) is 5.20. The molecule has 2 N–H and O–H groups in total. The van der Waals surface area contributed by atoms with Gasteiger partial charge in [-0.1, -0.05) is 17.7 Å². The highest BCUT2D eigenvalue weighted by molar-refractivity contribution is 7.80. The molecule has 0 spiro atoms. The Morgan fingerprint density at radius 1 is 1.13 bits per heavy atom. The number of H-pyrrole nitrogens is 1. The molecule has 4 nitrogen and oxygen atoms in total. The molecule has 0 atom stereocenters. The van der Waals surface area contributed by atoms with Crippen LogP contribution in [0.25, 0.3) is 10.9 Å². The Balaban J connectivity index is 1.55. The smallest absolute Gasteiger partial charge is 0.173 e. The monoisotopic (exact) mass is 421 g/mol. The van der Waals surface area contributed by atoms with E-state index in [1.807, 2.05) is 17.0 Å². The molecule has 30 heavy (non-hydrogen) atoms. The minimum absolute atomic E-state index is 0.301. The Kier molecular flexibility index (Phi) is 5.86. The van der Waals surface area contributed by atoms with Gasteiger partial charge in [0.25, 0.3) is 0 Å². The highest BCUT2D eigenvalue weighted by Crippen LogP contribution is 2.24. The fourth-order valence-electron chi connectivity index (χ4n) is 3.68. The summed E-state index contributed by atoms with van der Waals surface area (Å²) in [6, 6.07) is 16.6. The summed E-state index contributed by atoms with van der Waals surface area (Å²) in [4.78, 5) is 5.52. The maximum Gasteiger partial charge on any atom is 0.173 e. The predicted octanol–water partition coefficient (Wildman–Crippen LogP) is 5.96. The van der Waals surface area contributed by atoms with Crippen LogP contribution in [-0.4, -0.2) is 21.5 Å². The summed E-state index contributed by atoms with van der Waals surface area (Å²) in [5.41, 5.74) is 5.46. The number of halogens is 1. The summed E-state index contributed by atoms with van der Waals surface area (Å²) < 4.78 is 19.1. The van der Waals surface area contributed by atoms with Crippen molar-refractivity contribution in [3.8, 4) is 0 Å². The Hall–Kier alpha value is -3.12. The van der Waals surface area contributed by atoms with Gasteiger partial charge in [0.15, 0.2) is 5.11 Å². The Labute approximate surface area is 180 Å². The summed E-state index contributed by atoms with van der Waals surface area (Å²) >= 11 is 5.66. The van der Waals surface area contributed by atoms with Crippen LogP contribution in [0.5, 0.6) is 0 Å². The summed E-state index contributed by atoms with van der Waals surface area (Å²) in [5, 5.41) is 4.93. The Bertz CT molecular complexity index is 1170. The number of rotatable bonds is 6. The van der Waals surface area contributed by atoms with Gasteiger partial charge in [0.2, 0.25) is 0 Å². The molecule has 0 saturated heterocycles. The lowest BCUT2D eigenvalue weighted by molar-refractivity contribution is 0.368. The van der Waals surface area contributed by atoms with Crippen molar-refractivity contribution in [2.45, 2.75) is 26.8 Å². The molecular formula is C24H24FN3OS. The van der Waals surface area contributed by atoms with Crippen molar-refractivity contribution in [1.82, 2.24) is 9.88 Å². The second-order valence-corrected chi connectivity index (χ2v) is 7.86. The summed E-state index contributed by atoms with van der Waals surface area (Å²) in [5.74, 6) is 0.523. The van der Waals surface area contributed by atoms with E-state index in [0.29, 0.717) is 23.9 Å². The van der Waals surface area contributed by atoms with Crippen LogP contribution in [0.2, 0.25) is 0 Å². The van der Waals surface area contributed by atoms with Crippen LogP contribution in [0.3, 0.4) is 0 Å². The van der Waals surface area contributed by atoms with Gasteiger partial charge in [-0.05, 0) is 80.5 Å². The predicted molar refractivity (Wildman–Crippen MR) is 123 cm³/mol. The van der Waals surface area contributed by atoms with Gasteiger partial charge >= 0.3 is 0 Å². The molecule has 0 fully saturated rings. The highest BCUT2D eigenvalue weighted by atomic mass is 32.1. The lowest BCUT2D eigenvalue weighted by Crippen LogP contribution is -2.35. The average Bonchev–Trinajstić information content (AvgIpc) is 3.32. The average molecular weight is 422 g/mol. The van der Waals surface area contributed by atoms with E-state index in [-0.39, 0.29) is 5.82 Å². The van der Waals surface area contributed by atoms with E-state index in [1.54, 1.807) is 18.4 Å². The third-order valence-corrected chi connectivity index (χ3v) is 5.56. The molecule has 0 amide bonds. The molecule has 2 aromatic carbocycles. The molecule has 0 bridgehead atoms. The van der Waals surface area contributed by atoms with Gasteiger partial charge in [-0.15, -0.1) is 0 Å². The van der Waals surface area contributed by atoms with E-state index in [2.05, 4.69) is 42.3 Å². The zero-order valence-corrected chi connectivity index (χ0v) is 17.9. The minimum Gasteiger partial charge on any atom is -0.467 e. The number of hydrogen-bond donors (Lipinski definition) is 2. The van der Waals surface area contributed by atoms with Crippen molar-refractivity contribution in [3.63, 3.8) is 0 Å².